The number of benzene rings is 3. The highest BCUT2D eigenvalue weighted by Crippen LogP contribution is 2.29. The summed E-state index contributed by atoms with van der Waals surface area (Å²) in [5.41, 5.74) is 0.583. The average Bonchev–Trinajstić information content (AvgIpc) is 3.21. The van der Waals surface area contributed by atoms with Crippen LogP contribution in [0.5, 0.6) is 0 Å². The summed E-state index contributed by atoms with van der Waals surface area (Å²) in [6.45, 7) is 0. The second-order valence-electron chi connectivity index (χ2n) is 6.13. The van der Waals surface area contributed by atoms with E-state index in [9.17, 15) is 14.9 Å². The van der Waals surface area contributed by atoms with Crippen LogP contribution in [0.15, 0.2) is 65.8 Å². The number of carbonyl (C=O) groups excluding carboxylic acids is 1. The maximum atomic E-state index is 12.4. The molecule has 0 bridgehead atoms. The number of fused-ring (bicyclic) bond motifs is 1. The van der Waals surface area contributed by atoms with Gasteiger partial charge >= 0.3 is 0 Å². The molecule has 0 saturated carbocycles. The van der Waals surface area contributed by atoms with Crippen molar-refractivity contribution in [2.45, 2.75) is 5.16 Å². The van der Waals surface area contributed by atoms with Crippen molar-refractivity contribution in [2.24, 2.45) is 0 Å². The van der Waals surface area contributed by atoms with Crippen LogP contribution in [-0.4, -0.2) is 36.8 Å². The highest BCUT2D eigenvalue weighted by Gasteiger charge is 2.18. The molecule has 150 valence electrons. The number of rotatable bonds is 6. The third kappa shape index (κ3) is 4.09. The summed E-state index contributed by atoms with van der Waals surface area (Å²) >= 11 is 6.92. The quantitative estimate of drug-likeness (QED) is 0.272. The fraction of sp³-hybridized carbons (Fsp3) is 0.0526. The molecule has 0 spiro atoms. The molecule has 0 atom stereocenters. The molecule has 1 amide bonds. The number of carbonyl (C=O) groups is 1. The van der Waals surface area contributed by atoms with E-state index in [1.165, 1.54) is 18.2 Å². The van der Waals surface area contributed by atoms with Crippen molar-refractivity contribution in [1.29, 1.82) is 0 Å². The minimum atomic E-state index is -0.601. The van der Waals surface area contributed by atoms with Gasteiger partial charge in [0, 0.05) is 16.5 Å². The molecular weight excluding hydrogens is 428 g/mol. The maximum Gasteiger partial charge on any atom is 0.294 e. The fourth-order valence-corrected chi connectivity index (χ4v) is 3.74. The molecule has 30 heavy (non-hydrogen) atoms. The third-order valence-corrected chi connectivity index (χ3v) is 5.35. The Morgan fingerprint density at radius 1 is 1.17 bits per heavy atom. The summed E-state index contributed by atoms with van der Waals surface area (Å²) < 4.78 is 1.56. The lowest BCUT2D eigenvalue weighted by Crippen LogP contribution is -2.15. The average molecular weight is 441 g/mol. The van der Waals surface area contributed by atoms with E-state index < -0.39 is 10.8 Å². The van der Waals surface area contributed by atoms with E-state index in [-0.39, 0.29) is 22.2 Å². The van der Waals surface area contributed by atoms with Crippen molar-refractivity contribution in [3.63, 3.8) is 0 Å². The van der Waals surface area contributed by atoms with Crippen LogP contribution in [0.2, 0.25) is 5.02 Å². The Hall–Kier alpha value is -3.50. The van der Waals surface area contributed by atoms with Crippen LogP contribution in [-0.2, 0) is 4.79 Å². The van der Waals surface area contributed by atoms with Crippen molar-refractivity contribution in [3.05, 3.63) is 75.8 Å². The number of nitro benzene ring substituents is 1. The fourth-order valence-electron chi connectivity index (χ4n) is 2.89. The Kier molecular flexibility index (Phi) is 5.59. The highest BCUT2D eigenvalue weighted by atomic mass is 35.5. The number of nitrogens with zero attached hydrogens (tertiary/aromatic N) is 5. The van der Waals surface area contributed by atoms with E-state index in [0.29, 0.717) is 5.16 Å². The first kappa shape index (κ1) is 19.8. The number of nitro groups is 1. The Balaban J connectivity index is 1.52. The molecule has 1 aromatic heterocycles. The predicted octanol–water partition coefficient (Wildman–Crippen LogP) is 4.11. The number of aromatic nitrogens is 4. The van der Waals surface area contributed by atoms with Gasteiger partial charge in [0.1, 0.15) is 5.69 Å². The van der Waals surface area contributed by atoms with E-state index in [0.717, 1.165) is 28.2 Å². The van der Waals surface area contributed by atoms with Gasteiger partial charge in [-0.1, -0.05) is 59.8 Å². The smallest absolute Gasteiger partial charge is 0.294 e. The summed E-state index contributed by atoms with van der Waals surface area (Å²) in [7, 11) is 0. The van der Waals surface area contributed by atoms with Gasteiger partial charge in [-0.3, -0.25) is 14.9 Å². The first-order chi connectivity index (χ1) is 14.5. The van der Waals surface area contributed by atoms with Crippen molar-refractivity contribution in [2.75, 3.05) is 11.1 Å². The zero-order valence-corrected chi connectivity index (χ0v) is 16.8. The molecule has 0 aliphatic carbocycles. The Bertz CT molecular complexity index is 1260. The molecule has 0 unspecified atom stereocenters. The zero-order valence-electron chi connectivity index (χ0n) is 15.2. The summed E-state index contributed by atoms with van der Waals surface area (Å²) in [5, 5.41) is 28.1. The number of hydrogen-bond acceptors (Lipinski definition) is 7. The number of thioether (sulfide) groups is 1. The molecule has 3 aromatic carbocycles. The van der Waals surface area contributed by atoms with Crippen LogP contribution in [0.25, 0.3) is 16.5 Å². The second kappa shape index (κ2) is 8.47. The number of halogens is 1. The van der Waals surface area contributed by atoms with Crippen LogP contribution in [0.4, 0.5) is 11.4 Å². The number of nitrogens with one attached hydrogen (secondary N) is 1. The number of hydrogen-bond donors (Lipinski definition) is 1. The van der Waals surface area contributed by atoms with Crippen molar-refractivity contribution < 1.29 is 9.72 Å². The lowest BCUT2D eigenvalue weighted by Gasteiger charge is -2.08. The van der Waals surface area contributed by atoms with E-state index in [1.54, 1.807) is 4.68 Å². The van der Waals surface area contributed by atoms with Crippen molar-refractivity contribution in [3.8, 4) is 5.69 Å². The molecule has 1 N–H and O–H groups in total. The van der Waals surface area contributed by atoms with Gasteiger partial charge in [-0.2, -0.15) is 4.68 Å². The summed E-state index contributed by atoms with van der Waals surface area (Å²) in [6.07, 6.45) is 0. The number of anilines is 1. The molecule has 1 heterocycles. The largest absolute Gasteiger partial charge is 0.320 e. The lowest BCUT2D eigenvalue weighted by atomic mass is 10.1. The predicted molar refractivity (Wildman–Crippen MR) is 114 cm³/mol. The summed E-state index contributed by atoms with van der Waals surface area (Å²) in [6, 6.07) is 17.7. The van der Waals surface area contributed by atoms with Gasteiger partial charge < -0.3 is 5.32 Å². The standard InChI is InChI=1S/C19H13ClN6O3S/c20-13-8-9-15(17(10-13)26(28)29)21-18(27)11-30-19-22-23-24-25(19)16-7-3-5-12-4-1-2-6-14(12)16/h1-10H,11H2,(H,21,27). The zero-order chi connectivity index (χ0) is 21.1. The first-order valence-electron chi connectivity index (χ1n) is 8.66. The van der Waals surface area contributed by atoms with Crippen LogP contribution >= 0.6 is 23.4 Å². The first-order valence-corrected chi connectivity index (χ1v) is 10.0. The van der Waals surface area contributed by atoms with E-state index in [1.807, 2.05) is 42.5 Å². The number of tetrazole rings is 1. The molecule has 11 heteroatoms. The highest BCUT2D eigenvalue weighted by molar-refractivity contribution is 7.99. The Morgan fingerprint density at radius 3 is 2.80 bits per heavy atom. The van der Waals surface area contributed by atoms with Crippen LogP contribution in [0.1, 0.15) is 0 Å². The minimum absolute atomic E-state index is 0.0368. The SMILES string of the molecule is O=C(CSc1nnnn1-c1cccc2ccccc12)Nc1ccc(Cl)cc1[N+](=O)[O-]. The van der Waals surface area contributed by atoms with Crippen molar-refractivity contribution in [1.82, 2.24) is 20.2 Å². The Labute approximate surface area is 179 Å². The third-order valence-electron chi connectivity index (χ3n) is 4.20. The van der Waals surface area contributed by atoms with Gasteiger partial charge in [0.2, 0.25) is 11.1 Å². The van der Waals surface area contributed by atoms with Crippen molar-refractivity contribution >= 4 is 51.4 Å². The molecule has 4 aromatic rings. The van der Waals surface area contributed by atoms with E-state index in [4.69, 9.17) is 11.6 Å². The maximum absolute atomic E-state index is 12.4. The van der Waals surface area contributed by atoms with Gasteiger partial charge in [0.05, 0.1) is 16.4 Å². The molecule has 9 nitrogen and oxygen atoms in total. The molecule has 0 aliphatic rings. The van der Waals surface area contributed by atoms with Gasteiger partial charge in [-0.25, -0.2) is 0 Å². The minimum Gasteiger partial charge on any atom is -0.320 e. The molecule has 0 saturated heterocycles. The molecule has 0 radical (unpaired) electrons. The summed E-state index contributed by atoms with van der Waals surface area (Å²) in [5.74, 6) is -0.469. The van der Waals surface area contributed by atoms with Crippen LogP contribution in [0.3, 0.4) is 0 Å². The molecule has 0 fully saturated rings. The van der Waals surface area contributed by atoms with Gasteiger partial charge in [0.25, 0.3) is 5.69 Å². The van der Waals surface area contributed by atoms with E-state index in [2.05, 4.69) is 20.8 Å². The lowest BCUT2D eigenvalue weighted by molar-refractivity contribution is -0.383. The van der Waals surface area contributed by atoms with Gasteiger partial charge in [0.15, 0.2) is 0 Å². The summed E-state index contributed by atoms with van der Waals surface area (Å²) in [4.78, 5) is 22.9. The topological polar surface area (TPSA) is 116 Å². The van der Waals surface area contributed by atoms with Gasteiger partial charge in [-0.15, -0.1) is 5.10 Å². The molecule has 4 rings (SSSR count). The monoisotopic (exact) mass is 440 g/mol. The number of amides is 1. The van der Waals surface area contributed by atoms with Crippen LogP contribution in [0, 0.1) is 10.1 Å². The normalized spacial score (nSPS) is 10.8. The van der Waals surface area contributed by atoms with Gasteiger partial charge in [-0.05, 0) is 34.0 Å². The molecule has 0 aliphatic heterocycles. The van der Waals surface area contributed by atoms with Crippen LogP contribution < -0.4 is 5.32 Å². The second-order valence-corrected chi connectivity index (χ2v) is 7.51. The molecular formula is C19H13ClN6O3S. The Morgan fingerprint density at radius 2 is 1.97 bits per heavy atom. The van der Waals surface area contributed by atoms with E-state index >= 15 is 0 Å².